The molecule has 3 nitrogen and oxygen atoms in total. The first-order valence-corrected chi connectivity index (χ1v) is 10.6. The SMILES string of the molecule is C=C(C)C(=O)OCCCCCCCCCCC[N+](C)(C)Cc1ccccc1.[Br-]. The van der Waals surface area contributed by atoms with Crippen LogP contribution in [0.25, 0.3) is 0 Å². The molecule has 28 heavy (non-hydrogen) atoms. The summed E-state index contributed by atoms with van der Waals surface area (Å²) in [6.45, 7) is 8.16. The normalized spacial score (nSPS) is 11.0. The van der Waals surface area contributed by atoms with Crippen molar-refractivity contribution in [3.05, 3.63) is 48.0 Å². The van der Waals surface area contributed by atoms with E-state index < -0.39 is 0 Å². The van der Waals surface area contributed by atoms with Gasteiger partial charge in [-0.25, -0.2) is 4.79 Å². The second kappa shape index (κ2) is 15.8. The van der Waals surface area contributed by atoms with Crippen LogP contribution in [0.15, 0.2) is 42.5 Å². The van der Waals surface area contributed by atoms with Gasteiger partial charge in [0.15, 0.2) is 0 Å². The Hall–Kier alpha value is -1.13. The number of hydrogen-bond acceptors (Lipinski definition) is 2. The quantitative estimate of drug-likeness (QED) is 0.176. The number of carbonyl (C=O) groups is 1. The second-order valence-corrected chi connectivity index (χ2v) is 8.40. The molecule has 0 unspecified atom stereocenters. The lowest BCUT2D eigenvalue weighted by Crippen LogP contribution is -3.00. The van der Waals surface area contributed by atoms with Gasteiger partial charge in [0.25, 0.3) is 0 Å². The van der Waals surface area contributed by atoms with Crippen molar-refractivity contribution in [2.75, 3.05) is 27.2 Å². The molecule has 1 rings (SSSR count). The summed E-state index contributed by atoms with van der Waals surface area (Å²) in [6.07, 6.45) is 11.3. The molecule has 160 valence electrons. The third kappa shape index (κ3) is 14.0. The van der Waals surface area contributed by atoms with Crippen LogP contribution < -0.4 is 17.0 Å². The predicted molar refractivity (Wildman–Crippen MR) is 114 cm³/mol. The highest BCUT2D eigenvalue weighted by atomic mass is 79.9. The highest BCUT2D eigenvalue weighted by Gasteiger charge is 2.14. The van der Waals surface area contributed by atoms with Crippen LogP contribution in [0.1, 0.15) is 70.3 Å². The number of esters is 1. The van der Waals surface area contributed by atoms with Crippen molar-refractivity contribution in [1.82, 2.24) is 0 Å². The average molecular weight is 454 g/mol. The van der Waals surface area contributed by atoms with Crippen LogP contribution >= 0.6 is 0 Å². The van der Waals surface area contributed by atoms with E-state index in [0.717, 1.165) is 23.9 Å². The van der Waals surface area contributed by atoms with E-state index in [1.54, 1.807) is 6.92 Å². The fourth-order valence-corrected chi connectivity index (χ4v) is 3.32. The smallest absolute Gasteiger partial charge is 0.333 e. The van der Waals surface area contributed by atoms with E-state index in [2.05, 4.69) is 51.0 Å². The Bertz CT molecular complexity index is 543. The Morgan fingerprint density at radius 1 is 0.893 bits per heavy atom. The van der Waals surface area contributed by atoms with E-state index in [-0.39, 0.29) is 23.0 Å². The van der Waals surface area contributed by atoms with Crippen molar-refractivity contribution >= 4 is 5.97 Å². The van der Waals surface area contributed by atoms with E-state index in [9.17, 15) is 4.79 Å². The first kappa shape index (κ1) is 26.9. The van der Waals surface area contributed by atoms with Gasteiger partial charge < -0.3 is 26.2 Å². The summed E-state index contributed by atoms with van der Waals surface area (Å²) in [5.74, 6) is -0.263. The molecular weight excluding hydrogens is 414 g/mol. The summed E-state index contributed by atoms with van der Waals surface area (Å²) >= 11 is 0. The zero-order valence-electron chi connectivity index (χ0n) is 18.2. The Labute approximate surface area is 183 Å². The first-order chi connectivity index (χ1) is 12.9. The van der Waals surface area contributed by atoms with Crippen molar-refractivity contribution in [3.63, 3.8) is 0 Å². The number of unbranched alkanes of at least 4 members (excludes halogenated alkanes) is 8. The number of carbonyl (C=O) groups excluding carboxylic acids is 1. The summed E-state index contributed by atoms with van der Waals surface area (Å²) in [7, 11) is 4.67. The van der Waals surface area contributed by atoms with Crippen LogP contribution in [-0.2, 0) is 16.1 Å². The van der Waals surface area contributed by atoms with Gasteiger partial charge in [-0.3, -0.25) is 0 Å². The third-order valence-corrected chi connectivity index (χ3v) is 4.94. The maximum absolute atomic E-state index is 11.2. The summed E-state index contributed by atoms with van der Waals surface area (Å²) < 4.78 is 6.17. The number of halogens is 1. The lowest BCUT2D eigenvalue weighted by molar-refractivity contribution is -0.903. The molecule has 0 aliphatic rings. The molecule has 0 aliphatic heterocycles. The molecule has 4 heteroatoms. The maximum Gasteiger partial charge on any atom is 0.333 e. The van der Waals surface area contributed by atoms with Gasteiger partial charge >= 0.3 is 5.97 Å². The molecule has 0 amide bonds. The highest BCUT2D eigenvalue weighted by molar-refractivity contribution is 5.86. The third-order valence-electron chi connectivity index (χ3n) is 4.94. The van der Waals surface area contributed by atoms with Crippen LogP contribution in [0.4, 0.5) is 0 Å². The summed E-state index contributed by atoms with van der Waals surface area (Å²) in [5, 5.41) is 0. The van der Waals surface area contributed by atoms with Crippen molar-refractivity contribution in [1.29, 1.82) is 0 Å². The highest BCUT2D eigenvalue weighted by Crippen LogP contribution is 2.13. The van der Waals surface area contributed by atoms with Crippen molar-refractivity contribution in [2.24, 2.45) is 0 Å². The molecule has 0 spiro atoms. The molecule has 0 saturated heterocycles. The molecule has 0 heterocycles. The number of quaternary nitrogens is 1. The molecule has 0 atom stereocenters. The maximum atomic E-state index is 11.2. The van der Waals surface area contributed by atoms with Gasteiger partial charge in [-0.1, -0.05) is 75.4 Å². The summed E-state index contributed by atoms with van der Waals surface area (Å²) in [6, 6.07) is 10.8. The molecule has 0 aliphatic carbocycles. The number of hydrogen-bond donors (Lipinski definition) is 0. The van der Waals surface area contributed by atoms with E-state index in [4.69, 9.17) is 4.74 Å². The topological polar surface area (TPSA) is 26.3 Å². The average Bonchev–Trinajstić information content (AvgIpc) is 2.62. The Morgan fingerprint density at radius 2 is 1.39 bits per heavy atom. The van der Waals surface area contributed by atoms with Crippen LogP contribution in [0, 0.1) is 0 Å². The molecular formula is C24H40BrNO2. The van der Waals surface area contributed by atoms with Crippen molar-refractivity contribution in [3.8, 4) is 0 Å². The summed E-state index contributed by atoms with van der Waals surface area (Å²) in [5.41, 5.74) is 1.91. The van der Waals surface area contributed by atoms with Gasteiger partial charge in [0.2, 0.25) is 0 Å². The van der Waals surface area contributed by atoms with Crippen LogP contribution in [0.2, 0.25) is 0 Å². The van der Waals surface area contributed by atoms with E-state index in [1.165, 1.54) is 57.1 Å². The van der Waals surface area contributed by atoms with E-state index in [1.807, 2.05) is 0 Å². The fourth-order valence-electron chi connectivity index (χ4n) is 3.32. The Balaban J connectivity index is 0.00000729. The van der Waals surface area contributed by atoms with Gasteiger partial charge in [0.05, 0.1) is 27.2 Å². The number of benzene rings is 1. The molecule has 1 aromatic carbocycles. The number of rotatable bonds is 15. The van der Waals surface area contributed by atoms with Crippen LogP contribution in [-0.4, -0.2) is 37.7 Å². The van der Waals surface area contributed by atoms with Gasteiger partial charge in [-0.2, -0.15) is 0 Å². The molecule has 0 fully saturated rings. The van der Waals surface area contributed by atoms with Crippen molar-refractivity contribution < 1.29 is 31.0 Å². The van der Waals surface area contributed by atoms with Gasteiger partial charge in [0, 0.05) is 11.1 Å². The molecule has 0 aromatic heterocycles. The minimum absolute atomic E-state index is 0. The number of ether oxygens (including phenoxy) is 1. The Kier molecular flexibility index (Phi) is 15.1. The van der Waals surface area contributed by atoms with E-state index in [0.29, 0.717) is 12.2 Å². The zero-order valence-corrected chi connectivity index (χ0v) is 19.8. The lowest BCUT2D eigenvalue weighted by atomic mass is 10.1. The minimum atomic E-state index is -0.263. The Morgan fingerprint density at radius 3 is 1.93 bits per heavy atom. The fraction of sp³-hybridized carbons (Fsp3) is 0.625. The van der Waals surface area contributed by atoms with Gasteiger partial charge in [-0.15, -0.1) is 0 Å². The standard InChI is InChI=1S/C24H40NO2.BrH/c1-22(2)24(26)27-20-16-11-9-7-5-6-8-10-15-19-25(3,4)21-23-17-13-12-14-18-23;/h12-14,17-18H,1,5-11,15-16,19-21H2,2-4H3;1H/q+1;/p-1. The van der Waals surface area contributed by atoms with Gasteiger partial charge in [0.1, 0.15) is 6.54 Å². The van der Waals surface area contributed by atoms with Crippen LogP contribution in [0.3, 0.4) is 0 Å². The predicted octanol–water partition coefficient (Wildman–Crippen LogP) is 2.90. The molecule has 0 N–H and O–H groups in total. The second-order valence-electron chi connectivity index (χ2n) is 8.40. The minimum Gasteiger partial charge on any atom is -1.00 e. The van der Waals surface area contributed by atoms with E-state index >= 15 is 0 Å². The monoisotopic (exact) mass is 453 g/mol. The molecule has 0 radical (unpaired) electrons. The summed E-state index contributed by atoms with van der Waals surface area (Å²) in [4.78, 5) is 11.2. The largest absolute Gasteiger partial charge is 1.00 e. The molecule has 0 saturated carbocycles. The zero-order chi connectivity index (χ0) is 20.0. The lowest BCUT2D eigenvalue weighted by Gasteiger charge is -2.30. The number of nitrogens with zero attached hydrogens (tertiary/aromatic N) is 1. The molecule has 1 aromatic rings. The van der Waals surface area contributed by atoms with Crippen molar-refractivity contribution in [2.45, 2.75) is 71.3 Å². The van der Waals surface area contributed by atoms with Crippen LogP contribution in [0.5, 0.6) is 0 Å². The first-order valence-electron chi connectivity index (χ1n) is 10.6. The van der Waals surface area contributed by atoms with Gasteiger partial charge in [-0.05, 0) is 26.2 Å². The molecule has 0 bridgehead atoms.